The van der Waals surface area contributed by atoms with Crippen molar-refractivity contribution in [2.24, 2.45) is 0 Å². The fourth-order valence-electron chi connectivity index (χ4n) is 1.48. The van der Waals surface area contributed by atoms with Crippen LogP contribution in [0.4, 0.5) is 0 Å². The summed E-state index contributed by atoms with van der Waals surface area (Å²) in [5.41, 5.74) is 0. The van der Waals surface area contributed by atoms with Gasteiger partial charge >= 0.3 is 0 Å². The number of sulfonamides is 1. The molecule has 1 rings (SSSR count). The SMILES string of the molecule is CC(C)NCc1sccc1S(=O)(=O)NCCN(C)C. The number of thiophene rings is 1. The molecule has 0 bridgehead atoms. The summed E-state index contributed by atoms with van der Waals surface area (Å²) in [6.07, 6.45) is 0. The second-order valence-corrected chi connectivity index (χ2v) is 7.68. The van der Waals surface area contributed by atoms with Gasteiger partial charge in [-0.15, -0.1) is 11.3 Å². The molecular weight excluding hydrogens is 282 g/mol. The summed E-state index contributed by atoms with van der Waals surface area (Å²) < 4.78 is 27.0. The van der Waals surface area contributed by atoms with Crippen molar-refractivity contribution in [3.05, 3.63) is 16.3 Å². The second kappa shape index (κ2) is 7.35. The number of hydrogen-bond donors (Lipinski definition) is 2. The number of likely N-dealkylation sites (N-methyl/N-ethyl adjacent to an activating group) is 1. The molecule has 5 nitrogen and oxygen atoms in total. The molecule has 110 valence electrons. The van der Waals surface area contributed by atoms with E-state index in [9.17, 15) is 8.42 Å². The molecule has 0 radical (unpaired) electrons. The highest BCUT2D eigenvalue weighted by molar-refractivity contribution is 7.89. The monoisotopic (exact) mass is 305 g/mol. The van der Waals surface area contributed by atoms with E-state index in [0.29, 0.717) is 30.6 Å². The normalized spacial score (nSPS) is 12.5. The molecule has 0 aromatic carbocycles. The molecule has 0 aliphatic carbocycles. The van der Waals surface area contributed by atoms with Crippen LogP contribution in [-0.2, 0) is 16.6 Å². The van der Waals surface area contributed by atoms with Gasteiger partial charge in [-0.1, -0.05) is 13.8 Å². The van der Waals surface area contributed by atoms with Crippen molar-refractivity contribution in [1.82, 2.24) is 14.9 Å². The van der Waals surface area contributed by atoms with Crippen LogP contribution in [0.15, 0.2) is 16.3 Å². The standard InChI is InChI=1S/C12H23N3O2S2/c1-10(2)13-9-11-12(5-8-18-11)19(16,17)14-6-7-15(3)4/h5,8,10,13-14H,6-7,9H2,1-4H3. The molecule has 0 aliphatic rings. The summed E-state index contributed by atoms with van der Waals surface area (Å²) >= 11 is 1.47. The van der Waals surface area contributed by atoms with Crippen molar-refractivity contribution in [1.29, 1.82) is 0 Å². The molecule has 0 amide bonds. The Labute approximate surface area is 120 Å². The van der Waals surface area contributed by atoms with Crippen molar-refractivity contribution in [3.8, 4) is 0 Å². The Morgan fingerprint density at radius 3 is 2.63 bits per heavy atom. The molecule has 0 fully saturated rings. The molecule has 2 N–H and O–H groups in total. The lowest BCUT2D eigenvalue weighted by Crippen LogP contribution is -2.32. The second-order valence-electron chi connectivity index (χ2n) is 4.94. The van der Waals surface area contributed by atoms with E-state index in [4.69, 9.17) is 0 Å². The van der Waals surface area contributed by atoms with E-state index >= 15 is 0 Å². The van der Waals surface area contributed by atoms with E-state index in [-0.39, 0.29) is 0 Å². The van der Waals surface area contributed by atoms with Crippen molar-refractivity contribution in [3.63, 3.8) is 0 Å². The maximum atomic E-state index is 12.2. The van der Waals surface area contributed by atoms with E-state index in [1.165, 1.54) is 11.3 Å². The lowest BCUT2D eigenvalue weighted by molar-refractivity contribution is 0.412. The van der Waals surface area contributed by atoms with Crippen LogP contribution >= 0.6 is 11.3 Å². The predicted octanol–water partition coefficient (Wildman–Crippen LogP) is 1.09. The minimum atomic E-state index is -3.40. The van der Waals surface area contributed by atoms with Gasteiger partial charge < -0.3 is 10.2 Å². The molecule has 0 saturated heterocycles. The van der Waals surface area contributed by atoms with Crippen LogP contribution in [0.2, 0.25) is 0 Å². The molecule has 0 atom stereocenters. The molecule has 1 aromatic heterocycles. The summed E-state index contributed by atoms with van der Waals surface area (Å²) in [7, 11) is 0.430. The van der Waals surface area contributed by atoms with Crippen molar-refractivity contribution < 1.29 is 8.42 Å². The van der Waals surface area contributed by atoms with Crippen LogP contribution in [0.3, 0.4) is 0 Å². The number of hydrogen-bond acceptors (Lipinski definition) is 5. The van der Waals surface area contributed by atoms with Crippen molar-refractivity contribution in [2.75, 3.05) is 27.2 Å². The van der Waals surface area contributed by atoms with Gasteiger partial charge in [0.25, 0.3) is 0 Å². The third-order valence-corrected chi connectivity index (χ3v) is 5.11. The zero-order valence-electron chi connectivity index (χ0n) is 11.9. The van der Waals surface area contributed by atoms with E-state index in [2.05, 4.69) is 10.0 Å². The maximum Gasteiger partial charge on any atom is 0.241 e. The minimum absolute atomic E-state index is 0.333. The maximum absolute atomic E-state index is 12.2. The van der Waals surface area contributed by atoms with Crippen molar-refractivity contribution in [2.45, 2.75) is 31.3 Å². The molecule has 19 heavy (non-hydrogen) atoms. The van der Waals surface area contributed by atoms with Crippen LogP contribution < -0.4 is 10.0 Å². The molecule has 0 spiro atoms. The van der Waals surface area contributed by atoms with Gasteiger partial charge in [-0.3, -0.25) is 0 Å². The van der Waals surface area contributed by atoms with E-state index < -0.39 is 10.0 Å². The lowest BCUT2D eigenvalue weighted by atomic mass is 10.4. The first kappa shape index (κ1) is 16.6. The molecule has 1 heterocycles. The fourth-order valence-corrected chi connectivity index (χ4v) is 3.89. The zero-order chi connectivity index (χ0) is 14.5. The minimum Gasteiger partial charge on any atom is -0.310 e. The quantitative estimate of drug-likeness (QED) is 0.755. The number of rotatable bonds is 8. The Hall–Kier alpha value is -0.470. The van der Waals surface area contributed by atoms with Gasteiger partial charge in [0, 0.05) is 30.6 Å². The summed E-state index contributed by atoms with van der Waals surface area (Å²) in [6.45, 7) is 5.76. The largest absolute Gasteiger partial charge is 0.310 e. The van der Waals surface area contributed by atoms with Crippen molar-refractivity contribution >= 4 is 21.4 Å². The van der Waals surface area contributed by atoms with Crippen LogP contribution in [0.5, 0.6) is 0 Å². The van der Waals surface area contributed by atoms with E-state index in [0.717, 1.165) is 4.88 Å². The highest BCUT2D eigenvalue weighted by atomic mass is 32.2. The van der Waals surface area contributed by atoms with Gasteiger partial charge in [-0.2, -0.15) is 0 Å². The molecule has 7 heteroatoms. The highest BCUT2D eigenvalue weighted by Crippen LogP contribution is 2.21. The summed E-state index contributed by atoms with van der Waals surface area (Å²) in [6, 6.07) is 2.00. The predicted molar refractivity (Wildman–Crippen MR) is 80.0 cm³/mol. The van der Waals surface area contributed by atoms with Gasteiger partial charge in [0.15, 0.2) is 0 Å². The van der Waals surface area contributed by atoms with Crippen LogP contribution in [0.1, 0.15) is 18.7 Å². The summed E-state index contributed by atoms with van der Waals surface area (Å²) in [5, 5.41) is 5.06. The Bertz CT molecular complexity index is 481. The molecule has 0 unspecified atom stereocenters. The van der Waals surface area contributed by atoms with Gasteiger partial charge in [0.2, 0.25) is 10.0 Å². The summed E-state index contributed by atoms with van der Waals surface area (Å²) in [4.78, 5) is 3.19. The first-order chi connectivity index (χ1) is 8.83. The lowest BCUT2D eigenvalue weighted by Gasteiger charge is -2.12. The Kier molecular flexibility index (Phi) is 6.41. The van der Waals surface area contributed by atoms with Crippen LogP contribution in [0, 0.1) is 0 Å². The van der Waals surface area contributed by atoms with Gasteiger partial charge in [-0.25, -0.2) is 13.1 Å². The average Bonchev–Trinajstić information content (AvgIpc) is 2.74. The Balaban J connectivity index is 2.70. The van der Waals surface area contributed by atoms with E-state index in [1.54, 1.807) is 6.07 Å². The van der Waals surface area contributed by atoms with Gasteiger partial charge in [0.1, 0.15) is 0 Å². The first-order valence-corrected chi connectivity index (χ1v) is 8.63. The highest BCUT2D eigenvalue weighted by Gasteiger charge is 2.19. The third-order valence-electron chi connectivity index (χ3n) is 2.52. The zero-order valence-corrected chi connectivity index (χ0v) is 13.6. The first-order valence-electron chi connectivity index (χ1n) is 6.27. The smallest absolute Gasteiger partial charge is 0.241 e. The molecule has 1 aromatic rings. The molecule has 0 saturated carbocycles. The topological polar surface area (TPSA) is 61.4 Å². The number of nitrogens with zero attached hydrogens (tertiary/aromatic N) is 1. The third kappa shape index (κ3) is 5.58. The molecular formula is C12H23N3O2S2. The molecule has 0 aliphatic heterocycles. The Morgan fingerprint density at radius 2 is 2.05 bits per heavy atom. The average molecular weight is 305 g/mol. The number of nitrogens with one attached hydrogen (secondary N) is 2. The van der Waals surface area contributed by atoms with Gasteiger partial charge in [0.05, 0.1) is 4.90 Å². The summed E-state index contributed by atoms with van der Waals surface area (Å²) in [5.74, 6) is 0. The fraction of sp³-hybridized carbons (Fsp3) is 0.667. The van der Waals surface area contributed by atoms with Crippen LogP contribution in [0.25, 0.3) is 0 Å². The van der Waals surface area contributed by atoms with Crippen LogP contribution in [-0.4, -0.2) is 46.5 Å². The van der Waals surface area contributed by atoms with E-state index in [1.807, 2.05) is 38.2 Å². The van der Waals surface area contributed by atoms with Gasteiger partial charge in [-0.05, 0) is 25.5 Å². The Morgan fingerprint density at radius 1 is 1.37 bits per heavy atom.